The fourth-order valence-corrected chi connectivity index (χ4v) is 1.86. The fraction of sp³-hybridized carbons (Fsp3) is 0. The predicted octanol–water partition coefficient (Wildman–Crippen LogP) is 3.24. The van der Waals surface area contributed by atoms with Crippen molar-refractivity contribution >= 4 is 5.97 Å². The predicted molar refractivity (Wildman–Crippen MR) is 72.1 cm³/mol. The zero-order chi connectivity index (χ0) is 14.8. The molecule has 0 aliphatic rings. The van der Waals surface area contributed by atoms with Gasteiger partial charge < -0.3 is 9.52 Å². The lowest BCUT2D eigenvalue weighted by molar-refractivity contribution is 0.0697. The number of aromatic carboxylic acids is 1. The van der Waals surface area contributed by atoms with Crippen LogP contribution < -0.4 is 0 Å². The molecule has 1 aromatic heterocycles. The van der Waals surface area contributed by atoms with Gasteiger partial charge in [0.05, 0.1) is 5.56 Å². The standard InChI is InChI=1S/C15H9FN2O3/c16-12-6-2-4-10(8-12)14-18-17-13(21-14)9-3-1-5-11(7-9)15(19)20/h1-8H,(H,19,20). The van der Waals surface area contributed by atoms with Gasteiger partial charge in [-0.1, -0.05) is 12.1 Å². The van der Waals surface area contributed by atoms with Crippen molar-refractivity contribution in [3.8, 4) is 22.9 Å². The summed E-state index contributed by atoms with van der Waals surface area (Å²) in [4.78, 5) is 10.9. The second kappa shape index (κ2) is 5.16. The van der Waals surface area contributed by atoms with Gasteiger partial charge in [0.25, 0.3) is 0 Å². The Hall–Kier alpha value is -3.02. The quantitative estimate of drug-likeness (QED) is 0.799. The topological polar surface area (TPSA) is 76.2 Å². The molecular weight excluding hydrogens is 275 g/mol. The molecule has 0 radical (unpaired) electrons. The van der Waals surface area contributed by atoms with E-state index in [0.29, 0.717) is 11.1 Å². The van der Waals surface area contributed by atoms with Gasteiger partial charge in [-0.15, -0.1) is 10.2 Å². The van der Waals surface area contributed by atoms with Crippen molar-refractivity contribution in [3.05, 3.63) is 59.9 Å². The molecule has 6 heteroatoms. The third-order valence-corrected chi connectivity index (χ3v) is 2.85. The third-order valence-electron chi connectivity index (χ3n) is 2.85. The highest BCUT2D eigenvalue weighted by Gasteiger charge is 2.12. The lowest BCUT2D eigenvalue weighted by Crippen LogP contribution is -1.95. The molecule has 0 saturated heterocycles. The van der Waals surface area contributed by atoms with Crippen LogP contribution in [0.5, 0.6) is 0 Å². The maximum Gasteiger partial charge on any atom is 0.335 e. The van der Waals surface area contributed by atoms with Crippen LogP contribution in [-0.2, 0) is 0 Å². The number of rotatable bonds is 3. The summed E-state index contributed by atoms with van der Waals surface area (Å²) in [6.07, 6.45) is 0. The Bertz CT molecular complexity index is 814. The SMILES string of the molecule is O=C(O)c1cccc(-c2nnc(-c3cccc(F)c3)o2)c1. The summed E-state index contributed by atoms with van der Waals surface area (Å²) in [5, 5.41) is 16.7. The zero-order valence-electron chi connectivity index (χ0n) is 10.7. The van der Waals surface area contributed by atoms with Crippen molar-refractivity contribution in [3.63, 3.8) is 0 Å². The van der Waals surface area contributed by atoms with Crippen molar-refractivity contribution in [2.75, 3.05) is 0 Å². The van der Waals surface area contributed by atoms with Crippen molar-refractivity contribution in [1.82, 2.24) is 10.2 Å². The molecule has 3 rings (SSSR count). The Kier molecular flexibility index (Phi) is 3.19. The molecule has 3 aromatic rings. The van der Waals surface area contributed by atoms with Crippen molar-refractivity contribution in [2.45, 2.75) is 0 Å². The van der Waals surface area contributed by atoms with Gasteiger partial charge in [0.2, 0.25) is 11.8 Å². The van der Waals surface area contributed by atoms with Gasteiger partial charge in [0.1, 0.15) is 5.82 Å². The Morgan fingerprint density at radius 2 is 1.62 bits per heavy atom. The van der Waals surface area contributed by atoms with Gasteiger partial charge in [-0.25, -0.2) is 9.18 Å². The molecule has 0 atom stereocenters. The molecule has 0 fully saturated rings. The van der Waals surface area contributed by atoms with Crippen LogP contribution in [-0.4, -0.2) is 21.3 Å². The van der Waals surface area contributed by atoms with E-state index in [-0.39, 0.29) is 17.3 Å². The first-order chi connectivity index (χ1) is 10.1. The molecule has 1 N–H and O–H groups in total. The maximum absolute atomic E-state index is 13.2. The first-order valence-corrected chi connectivity index (χ1v) is 6.06. The van der Waals surface area contributed by atoms with Gasteiger partial charge >= 0.3 is 5.97 Å². The molecule has 2 aromatic carbocycles. The van der Waals surface area contributed by atoms with Gasteiger partial charge in [-0.05, 0) is 36.4 Å². The molecule has 0 spiro atoms. The van der Waals surface area contributed by atoms with E-state index >= 15 is 0 Å². The molecule has 0 bridgehead atoms. The summed E-state index contributed by atoms with van der Waals surface area (Å²) in [5.74, 6) is -1.09. The number of nitrogens with zero attached hydrogens (tertiary/aromatic N) is 2. The summed E-state index contributed by atoms with van der Waals surface area (Å²) >= 11 is 0. The maximum atomic E-state index is 13.2. The minimum Gasteiger partial charge on any atom is -0.478 e. The lowest BCUT2D eigenvalue weighted by Gasteiger charge is -1.97. The highest BCUT2D eigenvalue weighted by Crippen LogP contribution is 2.24. The summed E-state index contributed by atoms with van der Waals surface area (Å²) in [6, 6.07) is 11.9. The highest BCUT2D eigenvalue weighted by atomic mass is 19.1. The van der Waals surface area contributed by atoms with E-state index in [9.17, 15) is 9.18 Å². The number of carboxylic acid groups (broad SMARTS) is 1. The molecule has 0 amide bonds. The van der Waals surface area contributed by atoms with E-state index in [0.717, 1.165) is 0 Å². The minimum absolute atomic E-state index is 0.123. The molecule has 1 heterocycles. The number of hydrogen-bond donors (Lipinski definition) is 1. The number of hydrogen-bond acceptors (Lipinski definition) is 4. The van der Waals surface area contributed by atoms with Crippen LogP contribution in [0.3, 0.4) is 0 Å². The third kappa shape index (κ3) is 2.64. The number of aromatic nitrogens is 2. The monoisotopic (exact) mass is 284 g/mol. The normalized spacial score (nSPS) is 10.5. The van der Waals surface area contributed by atoms with E-state index in [2.05, 4.69) is 10.2 Å². The van der Waals surface area contributed by atoms with Crippen LogP contribution >= 0.6 is 0 Å². The summed E-state index contributed by atoms with van der Waals surface area (Å²) < 4.78 is 18.6. The fourth-order valence-electron chi connectivity index (χ4n) is 1.86. The van der Waals surface area contributed by atoms with Crippen molar-refractivity contribution in [2.24, 2.45) is 0 Å². The van der Waals surface area contributed by atoms with E-state index in [1.807, 2.05) is 0 Å². The number of benzene rings is 2. The Labute approximate surface area is 118 Å². The second-order valence-corrected chi connectivity index (χ2v) is 4.31. The smallest absolute Gasteiger partial charge is 0.335 e. The Morgan fingerprint density at radius 1 is 1.00 bits per heavy atom. The van der Waals surface area contributed by atoms with E-state index in [1.54, 1.807) is 24.3 Å². The van der Waals surface area contributed by atoms with Crippen LogP contribution in [0.1, 0.15) is 10.4 Å². The summed E-state index contributed by atoms with van der Waals surface area (Å²) in [6.45, 7) is 0. The number of carboxylic acids is 1. The Morgan fingerprint density at radius 3 is 2.24 bits per heavy atom. The van der Waals surface area contributed by atoms with E-state index in [4.69, 9.17) is 9.52 Å². The molecule has 0 aliphatic heterocycles. The average Bonchev–Trinajstić information content (AvgIpc) is 2.97. The first kappa shape index (κ1) is 13.0. The molecule has 0 saturated carbocycles. The van der Waals surface area contributed by atoms with Crippen molar-refractivity contribution in [1.29, 1.82) is 0 Å². The number of halogens is 1. The molecule has 0 unspecified atom stereocenters. The number of carbonyl (C=O) groups is 1. The van der Waals surface area contributed by atoms with Gasteiger partial charge in [0.15, 0.2) is 0 Å². The van der Waals surface area contributed by atoms with Crippen molar-refractivity contribution < 1.29 is 18.7 Å². The van der Waals surface area contributed by atoms with Gasteiger partial charge in [0, 0.05) is 11.1 Å². The summed E-state index contributed by atoms with van der Waals surface area (Å²) in [5.41, 5.74) is 1.08. The molecule has 0 aliphatic carbocycles. The second-order valence-electron chi connectivity index (χ2n) is 4.31. The zero-order valence-corrected chi connectivity index (χ0v) is 10.7. The molecule has 5 nitrogen and oxygen atoms in total. The Balaban J connectivity index is 1.98. The van der Waals surface area contributed by atoms with Gasteiger partial charge in [-0.3, -0.25) is 0 Å². The largest absolute Gasteiger partial charge is 0.478 e. The van der Waals surface area contributed by atoms with Crippen LogP contribution in [0.4, 0.5) is 4.39 Å². The summed E-state index contributed by atoms with van der Waals surface area (Å²) in [7, 11) is 0. The van der Waals surface area contributed by atoms with E-state index in [1.165, 1.54) is 24.3 Å². The molecule has 104 valence electrons. The van der Waals surface area contributed by atoms with Crippen LogP contribution in [0.2, 0.25) is 0 Å². The molecule has 21 heavy (non-hydrogen) atoms. The van der Waals surface area contributed by atoms with Crippen LogP contribution in [0.25, 0.3) is 22.9 Å². The minimum atomic E-state index is -1.04. The molecular formula is C15H9FN2O3. The lowest BCUT2D eigenvalue weighted by atomic mass is 10.1. The average molecular weight is 284 g/mol. The van der Waals surface area contributed by atoms with Gasteiger partial charge in [-0.2, -0.15) is 0 Å². The van der Waals surface area contributed by atoms with Crippen LogP contribution in [0.15, 0.2) is 52.9 Å². The van der Waals surface area contributed by atoms with Crippen LogP contribution in [0, 0.1) is 5.82 Å². The van der Waals surface area contributed by atoms with E-state index < -0.39 is 11.8 Å². The highest BCUT2D eigenvalue weighted by molar-refractivity contribution is 5.88. The first-order valence-electron chi connectivity index (χ1n) is 6.06.